The molecular formula is C15H29N3. The van der Waals surface area contributed by atoms with Crippen LogP contribution in [0.1, 0.15) is 52.4 Å². The fourth-order valence-corrected chi connectivity index (χ4v) is 2.85. The van der Waals surface area contributed by atoms with Crippen molar-refractivity contribution in [2.24, 2.45) is 5.41 Å². The van der Waals surface area contributed by atoms with Crippen molar-refractivity contribution in [2.75, 3.05) is 27.2 Å². The summed E-state index contributed by atoms with van der Waals surface area (Å²) in [5.41, 5.74) is 0.207. The standard InChI is InChI=1S/C15H29N3/c1-14(2,12-16)8-7-11-17-13-15(18(3)4)9-5-6-10-15/h17H,5-11,13H2,1-4H3. The van der Waals surface area contributed by atoms with E-state index < -0.39 is 0 Å². The SMILES string of the molecule is CN(C)C1(CNCCCC(C)(C)C#N)CCCC1. The van der Waals surface area contributed by atoms with Gasteiger partial charge in [-0.15, -0.1) is 0 Å². The highest BCUT2D eigenvalue weighted by Crippen LogP contribution is 2.33. The second-order valence-electron chi connectivity index (χ2n) is 6.60. The van der Waals surface area contributed by atoms with Gasteiger partial charge in [0, 0.05) is 12.1 Å². The van der Waals surface area contributed by atoms with Crippen molar-refractivity contribution in [1.29, 1.82) is 5.26 Å². The maximum Gasteiger partial charge on any atom is 0.0683 e. The third-order valence-electron chi connectivity index (χ3n) is 4.40. The summed E-state index contributed by atoms with van der Waals surface area (Å²) in [6.45, 7) is 6.16. The first kappa shape index (κ1) is 15.5. The van der Waals surface area contributed by atoms with Crippen LogP contribution in [0, 0.1) is 16.7 Å². The summed E-state index contributed by atoms with van der Waals surface area (Å²) in [4.78, 5) is 2.40. The van der Waals surface area contributed by atoms with Crippen LogP contribution in [0.15, 0.2) is 0 Å². The molecule has 0 amide bonds. The third-order valence-corrected chi connectivity index (χ3v) is 4.40. The van der Waals surface area contributed by atoms with E-state index in [-0.39, 0.29) is 5.41 Å². The van der Waals surface area contributed by atoms with Gasteiger partial charge in [-0.3, -0.25) is 0 Å². The molecule has 104 valence electrons. The van der Waals surface area contributed by atoms with Crippen LogP contribution in [0.2, 0.25) is 0 Å². The lowest BCUT2D eigenvalue weighted by atomic mass is 9.90. The van der Waals surface area contributed by atoms with Gasteiger partial charge >= 0.3 is 0 Å². The summed E-state index contributed by atoms with van der Waals surface area (Å²) in [5, 5.41) is 12.6. The monoisotopic (exact) mass is 251 g/mol. The molecule has 0 unspecified atom stereocenters. The highest BCUT2D eigenvalue weighted by molar-refractivity contribution is 4.95. The predicted molar refractivity (Wildman–Crippen MR) is 76.4 cm³/mol. The van der Waals surface area contributed by atoms with E-state index in [0.717, 1.165) is 25.9 Å². The molecule has 1 saturated carbocycles. The minimum absolute atomic E-state index is 0.172. The highest BCUT2D eigenvalue weighted by atomic mass is 15.2. The molecule has 1 fully saturated rings. The summed E-state index contributed by atoms with van der Waals surface area (Å²) in [6, 6.07) is 2.36. The van der Waals surface area contributed by atoms with Crippen LogP contribution >= 0.6 is 0 Å². The number of likely N-dealkylation sites (N-methyl/N-ethyl adjacent to an activating group) is 1. The van der Waals surface area contributed by atoms with E-state index in [0.29, 0.717) is 5.54 Å². The number of hydrogen-bond acceptors (Lipinski definition) is 3. The number of nitrogens with one attached hydrogen (secondary N) is 1. The Hall–Kier alpha value is -0.590. The summed E-state index contributed by atoms with van der Waals surface area (Å²) in [5.74, 6) is 0. The van der Waals surface area contributed by atoms with Crippen LogP contribution in [0.25, 0.3) is 0 Å². The zero-order valence-electron chi connectivity index (χ0n) is 12.6. The minimum Gasteiger partial charge on any atom is -0.315 e. The van der Waals surface area contributed by atoms with E-state index in [1.807, 2.05) is 13.8 Å². The average molecular weight is 251 g/mol. The Kier molecular flexibility index (Phi) is 5.62. The first-order valence-corrected chi connectivity index (χ1v) is 7.21. The van der Waals surface area contributed by atoms with Crippen LogP contribution < -0.4 is 5.32 Å². The quantitative estimate of drug-likeness (QED) is 0.707. The summed E-state index contributed by atoms with van der Waals surface area (Å²) in [6.07, 6.45) is 7.42. The largest absolute Gasteiger partial charge is 0.315 e. The van der Waals surface area contributed by atoms with Gasteiger partial charge in [0.25, 0.3) is 0 Å². The van der Waals surface area contributed by atoms with Crippen molar-refractivity contribution in [1.82, 2.24) is 10.2 Å². The third kappa shape index (κ3) is 4.26. The van der Waals surface area contributed by atoms with Crippen molar-refractivity contribution in [3.63, 3.8) is 0 Å². The van der Waals surface area contributed by atoms with Gasteiger partial charge in [-0.25, -0.2) is 0 Å². The first-order valence-electron chi connectivity index (χ1n) is 7.21. The van der Waals surface area contributed by atoms with E-state index in [1.165, 1.54) is 25.7 Å². The number of nitriles is 1. The van der Waals surface area contributed by atoms with Gasteiger partial charge in [0.2, 0.25) is 0 Å². The molecule has 1 rings (SSSR count). The molecule has 18 heavy (non-hydrogen) atoms. The topological polar surface area (TPSA) is 39.1 Å². The van der Waals surface area contributed by atoms with Crippen molar-refractivity contribution in [2.45, 2.75) is 57.9 Å². The number of hydrogen-bond donors (Lipinski definition) is 1. The van der Waals surface area contributed by atoms with Gasteiger partial charge in [-0.05, 0) is 60.2 Å². The summed E-state index contributed by atoms with van der Waals surface area (Å²) >= 11 is 0. The molecular weight excluding hydrogens is 222 g/mol. The second kappa shape index (κ2) is 6.54. The van der Waals surface area contributed by atoms with Gasteiger partial charge in [0.05, 0.1) is 11.5 Å². The van der Waals surface area contributed by atoms with E-state index in [9.17, 15) is 0 Å². The molecule has 0 bridgehead atoms. The Morgan fingerprint density at radius 1 is 1.28 bits per heavy atom. The maximum atomic E-state index is 8.96. The average Bonchev–Trinajstić information content (AvgIpc) is 2.78. The summed E-state index contributed by atoms with van der Waals surface area (Å²) in [7, 11) is 4.40. The number of rotatable bonds is 7. The Labute approximate surface area is 113 Å². The van der Waals surface area contributed by atoms with Gasteiger partial charge in [0.1, 0.15) is 0 Å². The van der Waals surface area contributed by atoms with Gasteiger partial charge in [-0.1, -0.05) is 12.8 Å². The van der Waals surface area contributed by atoms with E-state index in [2.05, 4.69) is 30.4 Å². The van der Waals surface area contributed by atoms with Gasteiger partial charge in [-0.2, -0.15) is 5.26 Å². The Morgan fingerprint density at radius 3 is 2.39 bits per heavy atom. The van der Waals surface area contributed by atoms with Crippen molar-refractivity contribution in [3.05, 3.63) is 0 Å². The lowest BCUT2D eigenvalue weighted by Crippen LogP contribution is -2.49. The zero-order chi connectivity index (χ0) is 13.6. The highest BCUT2D eigenvalue weighted by Gasteiger charge is 2.35. The molecule has 1 N–H and O–H groups in total. The lowest BCUT2D eigenvalue weighted by molar-refractivity contribution is 0.154. The number of nitrogens with zero attached hydrogens (tertiary/aromatic N) is 2. The van der Waals surface area contributed by atoms with Gasteiger partial charge in [0.15, 0.2) is 0 Å². The normalized spacial score (nSPS) is 19.1. The zero-order valence-corrected chi connectivity index (χ0v) is 12.6. The molecule has 0 aliphatic heterocycles. The van der Waals surface area contributed by atoms with Crippen LogP contribution in [0.5, 0.6) is 0 Å². The second-order valence-corrected chi connectivity index (χ2v) is 6.60. The van der Waals surface area contributed by atoms with E-state index >= 15 is 0 Å². The molecule has 1 aliphatic rings. The van der Waals surface area contributed by atoms with Crippen LogP contribution in [0.4, 0.5) is 0 Å². The molecule has 0 aromatic rings. The lowest BCUT2D eigenvalue weighted by Gasteiger charge is -2.36. The fraction of sp³-hybridized carbons (Fsp3) is 0.933. The molecule has 0 atom stereocenters. The van der Waals surface area contributed by atoms with E-state index in [1.54, 1.807) is 0 Å². The van der Waals surface area contributed by atoms with Crippen molar-refractivity contribution in [3.8, 4) is 6.07 Å². The Bertz CT molecular complexity index is 283. The maximum absolute atomic E-state index is 8.96. The van der Waals surface area contributed by atoms with E-state index in [4.69, 9.17) is 5.26 Å². The van der Waals surface area contributed by atoms with Crippen molar-refractivity contribution >= 4 is 0 Å². The van der Waals surface area contributed by atoms with Gasteiger partial charge < -0.3 is 10.2 Å². The smallest absolute Gasteiger partial charge is 0.0683 e. The Balaban J connectivity index is 2.23. The predicted octanol–water partition coefficient (Wildman–Crippen LogP) is 2.78. The molecule has 0 saturated heterocycles. The minimum atomic E-state index is -0.172. The van der Waals surface area contributed by atoms with Crippen LogP contribution in [-0.4, -0.2) is 37.6 Å². The molecule has 1 aliphatic carbocycles. The molecule has 3 heteroatoms. The first-order chi connectivity index (χ1) is 8.42. The molecule has 0 spiro atoms. The molecule has 0 radical (unpaired) electrons. The molecule has 0 aromatic heterocycles. The van der Waals surface area contributed by atoms with Crippen LogP contribution in [-0.2, 0) is 0 Å². The molecule has 0 aromatic carbocycles. The Morgan fingerprint density at radius 2 is 1.89 bits per heavy atom. The van der Waals surface area contributed by atoms with Crippen LogP contribution in [0.3, 0.4) is 0 Å². The molecule has 3 nitrogen and oxygen atoms in total. The fourth-order valence-electron chi connectivity index (χ4n) is 2.85. The molecule has 0 heterocycles. The summed E-state index contributed by atoms with van der Waals surface area (Å²) < 4.78 is 0. The van der Waals surface area contributed by atoms with Crippen molar-refractivity contribution < 1.29 is 0 Å².